The van der Waals surface area contributed by atoms with Gasteiger partial charge in [0.05, 0.1) is 6.10 Å². The highest BCUT2D eigenvalue weighted by atomic mass is 16.5. The maximum absolute atomic E-state index is 13.6. The SMILES string of the molecule is CC[C@H]1CN(C(=O)[C@H](CC(C)C)NC(=O)c2ccc(N3CCN(CC)CC3)cc2)[C@@H]2C(=O)CO[C@H]12. The molecule has 3 fully saturated rings. The van der Waals surface area contributed by atoms with E-state index in [1.807, 2.05) is 38.1 Å². The Labute approximate surface area is 209 Å². The van der Waals surface area contributed by atoms with Crippen LogP contribution in [0.4, 0.5) is 5.69 Å². The van der Waals surface area contributed by atoms with Gasteiger partial charge in [-0.2, -0.15) is 0 Å². The number of likely N-dealkylation sites (N-methyl/N-ethyl adjacent to an activating group) is 1. The number of fused-ring (bicyclic) bond motifs is 1. The van der Waals surface area contributed by atoms with Crippen LogP contribution in [0.5, 0.6) is 0 Å². The molecular formula is C27H40N4O4. The average Bonchev–Trinajstić information content (AvgIpc) is 3.43. The Morgan fingerprint density at radius 3 is 2.37 bits per heavy atom. The van der Waals surface area contributed by atoms with E-state index in [1.165, 1.54) is 0 Å². The number of Topliss-reactive ketones (excluding diaryl/α,β-unsaturated/α-hetero) is 1. The molecule has 4 rings (SSSR count). The van der Waals surface area contributed by atoms with Crippen molar-refractivity contribution in [2.45, 2.75) is 58.7 Å². The first-order chi connectivity index (χ1) is 16.8. The second kappa shape index (κ2) is 11.1. The molecule has 35 heavy (non-hydrogen) atoms. The van der Waals surface area contributed by atoms with E-state index in [0.29, 0.717) is 18.5 Å². The quantitative estimate of drug-likeness (QED) is 0.609. The molecule has 1 N–H and O–H groups in total. The van der Waals surface area contributed by atoms with Crippen molar-refractivity contribution in [3.05, 3.63) is 29.8 Å². The molecule has 3 aliphatic heterocycles. The zero-order chi connectivity index (χ0) is 25.1. The van der Waals surface area contributed by atoms with Crippen molar-refractivity contribution in [2.24, 2.45) is 11.8 Å². The number of nitrogens with one attached hydrogen (secondary N) is 1. The number of likely N-dealkylation sites (tertiary alicyclic amines) is 1. The van der Waals surface area contributed by atoms with Gasteiger partial charge in [0.25, 0.3) is 5.91 Å². The minimum absolute atomic E-state index is 0.0377. The van der Waals surface area contributed by atoms with Crippen molar-refractivity contribution >= 4 is 23.3 Å². The summed E-state index contributed by atoms with van der Waals surface area (Å²) in [4.78, 5) is 45.7. The molecule has 192 valence electrons. The van der Waals surface area contributed by atoms with Crippen LogP contribution in [0.15, 0.2) is 24.3 Å². The Morgan fingerprint density at radius 1 is 1.09 bits per heavy atom. The largest absolute Gasteiger partial charge is 0.369 e. The molecule has 1 aromatic rings. The molecule has 3 aliphatic rings. The molecule has 1 aromatic carbocycles. The molecule has 0 spiro atoms. The van der Waals surface area contributed by atoms with Gasteiger partial charge in [-0.05, 0) is 49.6 Å². The Bertz CT molecular complexity index is 910. The van der Waals surface area contributed by atoms with Crippen molar-refractivity contribution in [1.29, 1.82) is 0 Å². The van der Waals surface area contributed by atoms with Crippen LogP contribution in [0, 0.1) is 11.8 Å². The lowest BCUT2D eigenvalue weighted by Crippen LogP contribution is -2.52. The van der Waals surface area contributed by atoms with Gasteiger partial charge in [-0.3, -0.25) is 14.4 Å². The number of ether oxygens (including phenoxy) is 1. The smallest absolute Gasteiger partial charge is 0.251 e. The zero-order valence-electron chi connectivity index (χ0n) is 21.5. The molecule has 0 radical (unpaired) electrons. The van der Waals surface area contributed by atoms with Crippen LogP contribution in [-0.2, 0) is 14.3 Å². The summed E-state index contributed by atoms with van der Waals surface area (Å²) in [5.74, 6) is -0.114. The molecule has 8 nitrogen and oxygen atoms in total. The van der Waals surface area contributed by atoms with E-state index in [2.05, 4.69) is 29.0 Å². The van der Waals surface area contributed by atoms with Gasteiger partial charge in [0, 0.05) is 49.9 Å². The third kappa shape index (κ3) is 5.54. The monoisotopic (exact) mass is 484 g/mol. The van der Waals surface area contributed by atoms with Gasteiger partial charge in [0.15, 0.2) is 5.78 Å². The first-order valence-electron chi connectivity index (χ1n) is 13.1. The van der Waals surface area contributed by atoms with E-state index in [4.69, 9.17) is 4.74 Å². The van der Waals surface area contributed by atoms with Crippen molar-refractivity contribution < 1.29 is 19.1 Å². The van der Waals surface area contributed by atoms with E-state index in [9.17, 15) is 14.4 Å². The Kier molecular flexibility index (Phi) is 8.12. The number of anilines is 1. The van der Waals surface area contributed by atoms with Crippen LogP contribution in [0.3, 0.4) is 0 Å². The van der Waals surface area contributed by atoms with Crippen LogP contribution < -0.4 is 10.2 Å². The number of hydrogen-bond acceptors (Lipinski definition) is 6. The third-order valence-electron chi connectivity index (χ3n) is 7.72. The number of ketones is 1. The fourth-order valence-electron chi connectivity index (χ4n) is 5.62. The van der Waals surface area contributed by atoms with E-state index >= 15 is 0 Å². The summed E-state index contributed by atoms with van der Waals surface area (Å²) in [5, 5.41) is 2.98. The fraction of sp³-hybridized carbons (Fsp3) is 0.667. The first kappa shape index (κ1) is 25.6. The van der Waals surface area contributed by atoms with Crippen LogP contribution in [0.2, 0.25) is 0 Å². The molecule has 0 aromatic heterocycles. The van der Waals surface area contributed by atoms with Gasteiger partial charge in [-0.1, -0.05) is 27.7 Å². The highest BCUT2D eigenvalue weighted by Crippen LogP contribution is 2.34. The maximum atomic E-state index is 13.6. The molecule has 0 unspecified atom stereocenters. The lowest BCUT2D eigenvalue weighted by Gasteiger charge is -2.35. The Morgan fingerprint density at radius 2 is 1.77 bits per heavy atom. The third-order valence-corrected chi connectivity index (χ3v) is 7.72. The maximum Gasteiger partial charge on any atom is 0.251 e. The standard InChI is InChI=1S/C27H40N4O4/c1-5-19-16-31(24-23(32)17-35-25(19)24)27(34)22(15-18(3)4)28-26(33)20-7-9-21(10-8-20)30-13-11-29(6-2)12-14-30/h7-10,18-19,22,24-25H,5-6,11-17H2,1-4H3,(H,28,33)/t19-,22-,24+,25+/m0/s1. The number of carbonyl (C=O) groups is 3. The minimum Gasteiger partial charge on any atom is -0.369 e. The summed E-state index contributed by atoms with van der Waals surface area (Å²) < 4.78 is 5.72. The van der Waals surface area contributed by atoms with E-state index in [-0.39, 0.29) is 42.1 Å². The van der Waals surface area contributed by atoms with Crippen LogP contribution in [0.1, 0.15) is 50.9 Å². The summed E-state index contributed by atoms with van der Waals surface area (Å²) in [5.41, 5.74) is 1.65. The second-order valence-corrected chi connectivity index (χ2v) is 10.5. The number of rotatable bonds is 8. The van der Waals surface area contributed by atoms with Gasteiger partial charge in [0.2, 0.25) is 5.91 Å². The summed E-state index contributed by atoms with van der Waals surface area (Å²) in [7, 11) is 0. The van der Waals surface area contributed by atoms with Gasteiger partial charge in [-0.25, -0.2) is 0 Å². The van der Waals surface area contributed by atoms with E-state index in [1.54, 1.807) is 4.90 Å². The number of piperazine rings is 1. The molecular weight excluding hydrogens is 444 g/mol. The van der Waals surface area contributed by atoms with Crippen molar-refractivity contribution in [3.8, 4) is 0 Å². The van der Waals surface area contributed by atoms with Gasteiger partial charge < -0.3 is 24.8 Å². The summed E-state index contributed by atoms with van der Waals surface area (Å²) in [6.45, 7) is 14.0. The zero-order valence-corrected chi connectivity index (χ0v) is 21.5. The minimum atomic E-state index is -0.672. The molecule has 2 amide bonds. The van der Waals surface area contributed by atoms with Crippen molar-refractivity contribution in [3.63, 3.8) is 0 Å². The summed E-state index contributed by atoms with van der Waals surface area (Å²) in [6, 6.07) is 6.45. The average molecular weight is 485 g/mol. The topological polar surface area (TPSA) is 82.2 Å². The van der Waals surface area contributed by atoms with Gasteiger partial charge >= 0.3 is 0 Å². The molecule has 0 aliphatic carbocycles. The molecule has 8 heteroatoms. The number of hydrogen-bond donors (Lipinski definition) is 1. The second-order valence-electron chi connectivity index (χ2n) is 10.5. The fourth-order valence-corrected chi connectivity index (χ4v) is 5.62. The van der Waals surface area contributed by atoms with Crippen molar-refractivity contribution in [1.82, 2.24) is 15.1 Å². The van der Waals surface area contributed by atoms with Crippen LogP contribution in [0.25, 0.3) is 0 Å². The van der Waals surface area contributed by atoms with Crippen LogP contribution >= 0.6 is 0 Å². The van der Waals surface area contributed by atoms with E-state index in [0.717, 1.165) is 44.8 Å². The Hall–Kier alpha value is -2.45. The summed E-state index contributed by atoms with van der Waals surface area (Å²) >= 11 is 0. The summed E-state index contributed by atoms with van der Waals surface area (Å²) in [6.07, 6.45) is 1.14. The number of carbonyl (C=O) groups excluding carboxylic acids is 3. The highest BCUT2D eigenvalue weighted by molar-refractivity contribution is 5.99. The first-order valence-corrected chi connectivity index (χ1v) is 13.1. The highest BCUT2D eigenvalue weighted by Gasteiger charge is 2.52. The van der Waals surface area contributed by atoms with Crippen molar-refractivity contribution in [2.75, 3.05) is 50.8 Å². The molecule has 3 saturated heterocycles. The lowest BCUT2D eigenvalue weighted by atomic mass is 9.99. The predicted octanol–water partition coefficient (Wildman–Crippen LogP) is 2.18. The Balaban J connectivity index is 1.43. The normalized spacial score (nSPS) is 25.7. The lowest BCUT2D eigenvalue weighted by molar-refractivity contribution is -0.138. The molecule has 4 atom stereocenters. The molecule has 3 heterocycles. The number of amides is 2. The number of nitrogens with zero attached hydrogens (tertiary/aromatic N) is 3. The molecule has 0 bridgehead atoms. The van der Waals surface area contributed by atoms with E-state index < -0.39 is 12.1 Å². The number of benzene rings is 1. The van der Waals surface area contributed by atoms with Gasteiger partial charge in [-0.15, -0.1) is 0 Å². The predicted molar refractivity (Wildman–Crippen MR) is 136 cm³/mol. The molecule has 0 saturated carbocycles. The van der Waals surface area contributed by atoms with Crippen LogP contribution in [-0.4, -0.2) is 91.5 Å². The van der Waals surface area contributed by atoms with Gasteiger partial charge in [0.1, 0.15) is 18.7 Å².